The molecule has 2 heterocycles. The molecule has 0 saturated heterocycles. The molecule has 0 aliphatic carbocycles. The molecule has 6 nitrogen and oxygen atoms in total. The van der Waals surface area contributed by atoms with E-state index in [4.69, 9.17) is 13.6 Å². The number of aromatic nitrogens is 1. The van der Waals surface area contributed by atoms with Gasteiger partial charge in [0.1, 0.15) is 16.9 Å². The summed E-state index contributed by atoms with van der Waals surface area (Å²) in [7, 11) is -1.85. The number of hydrogen-bond donors (Lipinski definition) is 1. The normalized spacial score (nSPS) is 13.1. The van der Waals surface area contributed by atoms with Crippen molar-refractivity contribution in [2.75, 3.05) is 5.32 Å². The average Bonchev–Trinajstić information content (AvgIpc) is 2.84. The van der Waals surface area contributed by atoms with Gasteiger partial charge >= 0.3 is 6.09 Å². The molecule has 7 heteroatoms. The molecule has 0 fully saturated rings. The third-order valence-corrected chi connectivity index (χ3v) is 8.93. The molecule has 1 amide bonds. The van der Waals surface area contributed by atoms with E-state index < -0.39 is 20.0 Å². The Morgan fingerprint density at radius 1 is 1.19 bits per heavy atom. The Labute approximate surface area is 156 Å². The molecule has 0 aliphatic rings. The Bertz CT molecular complexity index is 785. The van der Waals surface area contributed by atoms with Gasteiger partial charge in [-0.1, -0.05) is 20.8 Å². The molecular weight excluding hydrogens is 348 g/mol. The first-order valence-corrected chi connectivity index (χ1v) is 11.7. The smallest absolute Gasteiger partial charge is 0.412 e. The second-order valence-electron chi connectivity index (χ2n) is 9.00. The van der Waals surface area contributed by atoms with E-state index in [1.807, 2.05) is 26.8 Å². The maximum Gasteiger partial charge on any atom is 0.412 e. The fraction of sp³-hybridized carbons (Fsp3) is 0.579. The highest BCUT2D eigenvalue weighted by Gasteiger charge is 2.37. The van der Waals surface area contributed by atoms with Crippen LogP contribution in [0.5, 0.6) is 0 Å². The third kappa shape index (κ3) is 5.31. The zero-order chi connectivity index (χ0) is 19.8. The van der Waals surface area contributed by atoms with Crippen LogP contribution in [0.2, 0.25) is 18.1 Å². The van der Waals surface area contributed by atoms with Crippen LogP contribution in [0.15, 0.2) is 22.7 Å². The van der Waals surface area contributed by atoms with Gasteiger partial charge in [0.2, 0.25) is 0 Å². The van der Waals surface area contributed by atoms with E-state index in [1.54, 1.807) is 12.3 Å². The zero-order valence-electron chi connectivity index (χ0n) is 17.0. The lowest BCUT2D eigenvalue weighted by Gasteiger charge is -2.35. The van der Waals surface area contributed by atoms with Crippen LogP contribution in [0.3, 0.4) is 0 Å². The minimum Gasteiger partial charge on any atom is -0.457 e. The lowest BCUT2D eigenvalue weighted by atomic mass is 10.2. The summed E-state index contributed by atoms with van der Waals surface area (Å²) in [5.74, 6) is 0.728. The number of nitrogens with one attached hydrogen (secondary N) is 1. The van der Waals surface area contributed by atoms with Crippen LogP contribution in [0.25, 0.3) is 11.1 Å². The summed E-state index contributed by atoms with van der Waals surface area (Å²) in [6.45, 7) is 16.9. The summed E-state index contributed by atoms with van der Waals surface area (Å²) in [6, 6.07) is 3.61. The molecule has 0 aliphatic heterocycles. The van der Waals surface area contributed by atoms with Crippen LogP contribution in [-0.4, -0.2) is 25.0 Å². The van der Waals surface area contributed by atoms with Crippen LogP contribution in [-0.2, 0) is 15.8 Å². The lowest BCUT2D eigenvalue weighted by Crippen LogP contribution is -2.40. The van der Waals surface area contributed by atoms with Crippen molar-refractivity contribution in [3.05, 3.63) is 24.1 Å². The molecule has 0 saturated carbocycles. The number of nitrogens with zero attached hydrogens (tertiary/aromatic N) is 1. The molecular formula is C19H30N2O4Si. The summed E-state index contributed by atoms with van der Waals surface area (Å²) < 4.78 is 17.3. The maximum absolute atomic E-state index is 11.9. The van der Waals surface area contributed by atoms with Gasteiger partial charge in [-0.3, -0.25) is 10.3 Å². The van der Waals surface area contributed by atoms with Crippen LogP contribution in [0, 0.1) is 0 Å². The molecule has 144 valence electrons. The number of ether oxygens (including phenoxy) is 1. The van der Waals surface area contributed by atoms with Gasteiger partial charge in [-0.15, -0.1) is 0 Å². The van der Waals surface area contributed by atoms with Crippen molar-refractivity contribution in [1.82, 2.24) is 4.98 Å². The predicted molar refractivity (Wildman–Crippen MR) is 106 cm³/mol. The van der Waals surface area contributed by atoms with Gasteiger partial charge in [0.15, 0.2) is 13.9 Å². The van der Waals surface area contributed by atoms with Crippen molar-refractivity contribution >= 4 is 31.2 Å². The second kappa shape index (κ2) is 7.04. The fourth-order valence-corrected chi connectivity index (χ4v) is 2.93. The monoisotopic (exact) mass is 378 g/mol. The number of anilines is 1. The molecule has 0 radical (unpaired) electrons. The first-order chi connectivity index (χ1) is 11.8. The number of carbonyl (C=O) groups is 1. The molecule has 0 aromatic carbocycles. The summed E-state index contributed by atoms with van der Waals surface area (Å²) >= 11 is 0. The highest BCUT2D eigenvalue weighted by Crippen LogP contribution is 2.37. The first kappa shape index (κ1) is 20.4. The highest BCUT2D eigenvalue weighted by molar-refractivity contribution is 6.74. The number of rotatable bonds is 4. The molecule has 2 aromatic heterocycles. The zero-order valence-corrected chi connectivity index (χ0v) is 18.0. The number of fused-ring (bicyclic) bond motifs is 1. The molecule has 26 heavy (non-hydrogen) atoms. The molecule has 2 aromatic rings. The third-order valence-electron chi connectivity index (χ3n) is 4.45. The number of carbonyl (C=O) groups excluding carboxylic acids is 1. The molecule has 0 atom stereocenters. The Balaban J connectivity index is 2.08. The lowest BCUT2D eigenvalue weighted by molar-refractivity contribution is 0.0636. The number of furan rings is 1. The van der Waals surface area contributed by atoms with Gasteiger partial charge in [0.05, 0.1) is 18.5 Å². The Morgan fingerprint density at radius 3 is 2.42 bits per heavy atom. The van der Waals surface area contributed by atoms with Crippen molar-refractivity contribution in [1.29, 1.82) is 0 Å². The standard InChI is InChI=1S/C19H30N2O4Si/c1-18(2,3)25-17(22)21-13-9-16-15(20-11-13)10-14(24-16)12-23-26(7,8)19(4,5)6/h9-11H,12H2,1-8H3,(H,21,22). The van der Waals surface area contributed by atoms with E-state index in [0.29, 0.717) is 17.9 Å². The molecule has 2 rings (SSSR count). The van der Waals surface area contributed by atoms with Gasteiger partial charge in [0, 0.05) is 12.1 Å². The van der Waals surface area contributed by atoms with E-state index in [2.05, 4.69) is 44.2 Å². The average molecular weight is 379 g/mol. The van der Waals surface area contributed by atoms with Crippen molar-refractivity contribution < 1.29 is 18.4 Å². The summed E-state index contributed by atoms with van der Waals surface area (Å²) in [5, 5.41) is 2.81. The minimum atomic E-state index is -1.85. The number of amides is 1. The second-order valence-corrected chi connectivity index (χ2v) is 13.8. The van der Waals surface area contributed by atoms with Crippen LogP contribution in [0.1, 0.15) is 47.3 Å². The van der Waals surface area contributed by atoms with Crippen molar-refractivity contribution in [3.63, 3.8) is 0 Å². The van der Waals surface area contributed by atoms with Crippen LogP contribution < -0.4 is 5.32 Å². The van der Waals surface area contributed by atoms with E-state index in [0.717, 1.165) is 11.3 Å². The Kier molecular flexibility index (Phi) is 5.54. The largest absolute Gasteiger partial charge is 0.457 e. The summed E-state index contributed by atoms with van der Waals surface area (Å²) in [4.78, 5) is 16.2. The van der Waals surface area contributed by atoms with E-state index in [9.17, 15) is 4.79 Å². The van der Waals surface area contributed by atoms with Gasteiger partial charge < -0.3 is 13.6 Å². The van der Waals surface area contributed by atoms with Crippen LogP contribution in [0.4, 0.5) is 10.5 Å². The quantitative estimate of drug-likeness (QED) is 0.691. The topological polar surface area (TPSA) is 73.6 Å². The van der Waals surface area contributed by atoms with Crippen molar-refractivity contribution in [3.8, 4) is 0 Å². The SMILES string of the molecule is CC(C)(C)OC(=O)Nc1cnc2cc(CO[Si](C)(C)C(C)(C)C)oc2c1. The minimum absolute atomic E-state index is 0.141. The predicted octanol–water partition coefficient (Wildman–Crippen LogP) is 5.70. The van der Waals surface area contributed by atoms with Crippen LogP contribution >= 0.6 is 0 Å². The number of hydrogen-bond acceptors (Lipinski definition) is 5. The molecule has 0 spiro atoms. The summed E-state index contributed by atoms with van der Waals surface area (Å²) in [5.41, 5.74) is 1.31. The van der Waals surface area contributed by atoms with E-state index in [-0.39, 0.29) is 5.04 Å². The maximum atomic E-state index is 11.9. The number of pyridine rings is 1. The Hall–Kier alpha value is -1.86. The molecule has 1 N–H and O–H groups in total. The van der Waals surface area contributed by atoms with Gasteiger partial charge in [0.25, 0.3) is 0 Å². The fourth-order valence-electron chi connectivity index (χ4n) is 2.00. The molecule has 0 bridgehead atoms. The summed E-state index contributed by atoms with van der Waals surface area (Å²) in [6.07, 6.45) is 1.06. The molecule has 0 unspecified atom stereocenters. The Morgan fingerprint density at radius 2 is 1.85 bits per heavy atom. The van der Waals surface area contributed by atoms with Crippen molar-refractivity contribution in [2.24, 2.45) is 0 Å². The first-order valence-electron chi connectivity index (χ1n) is 8.79. The van der Waals surface area contributed by atoms with Gasteiger partial charge in [-0.25, -0.2) is 4.79 Å². The van der Waals surface area contributed by atoms with Crippen molar-refractivity contribution in [2.45, 2.75) is 71.9 Å². The van der Waals surface area contributed by atoms with Gasteiger partial charge in [-0.2, -0.15) is 0 Å². The van der Waals surface area contributed by atoms with E-state index >= 15 is 0 Å². The highest BCUT2D eigenvalue weighted by atomic mass is 28.4. The van der Waals surface area contributed by atoms with E-state index in [1.165, 1.54) is 0 Å². The van der Waals surface area contributed by atoms with Gasteiger partial charge in [-0.05, 0) is 38.9 Å².